The maximum absolute atomic E-state index is 5.35. The first-order chi connectivity index (χ1) is 9.69. The number of nitrogens with one attached hydrogen (secondary N) is 2. The van der Waals surface area contributed by atoms with E-state index in [9.17, 15) is 0 Å². The van der Waals surface area contributed by atoms with E-state index in [1.807, 2.05) is 6.92 Å². The molecule has 0 radical (unpaired) electrons. The first-order valence-electron chi connectivity index (χ1n) is 7.05. The molecule has 0 aliphatic rings. The summed E-state index contributed by atoms with van der Waals surface area (Å²) in [6.07, 6.45) is 1.00. The van der Waals surface area contributed by atoms with Crippen molar-refractivity contribution in [3.05, 3.63) is 0 Å². The van der Waals surface area contributed by atoms with Crippen LogP contribution in [0.4, 0.5) is 11.9 Å². The number of aromatic nitrogens is 3. The second-order valence-electron chi connectivity index (χ2n) is 4.57. The molecular formula is C13H25N5O2. The number of ether oxygens (including phenoxy) is 2. The Morgan fingerprint density at radius 1 is 1.10 bits per heavy atom. The van der Waals surface area contributed by atoms with Gasteiger partial charge in [-0.2, -0.15) is 15.0 Å². The lowest BCUT2D eigenvalue weighted by Crippen LogP contribution is -2.18. The summed E-state index contributed by atoms with van der Waals surface area (Å²) in [5.74, 6) is 1.43. The molecule has 0 spiro atoms. The van der Waals surface area contributed by atoms with Crippen LogP contribution in [-0.4, -0.2) is 48.4 Å². The molecule has 114 valence electrons. The summed E-state index contributed by atoms with van der Waals surface area (Å²) < 4.78 is 10.5. The van der Waals surface area contributed by atoms with E-state index in [0.717, 1.165) is 19.5 Å². The molecular weight excluding hydrogens is 258 g/mol. The van der Waals surface area contributed by atoms with E-state index < -0.39 is 0 Å². The van der Waals surface area contributed by atoms with Crippen LogP contribution in [0.15, 0.2) is 0 Å². The molecule has 2 N–H and O–H groups in total. The van der Waals surface area contributed by atoms with Crippen molar-refractivity contribution in [2.75, 3.05) is 44.0 Å². The first-order valence-corrected chi connectivity index (χ1v) is 7.05. The summed E-state index contributed by atoms with van der Waals surface area (Å²) in [5, 5.41) is 6.32. The summed E-state index contributed by atoms with van der Waals surface area (Å²) in [7, 11) is 1.69. The normalized spacial score (nSPS) is 12.0. The van der Waals surface area contributed by atoms with Gasteiger partial charge in [-0.25, -0.2) is 0 Å². The largest absolute Gasteiger partial charge is 0.464 e. The van der Waals surface area contributed by atoms with E-state index in [1.54, 1.807) is 7.11 Å². The molecule has 0 fully saturated rings. The van der Waals surface area contributed by atoms with Gasteiger partial charge in [0.05, 0.1) is 13.2 Å². The molecule has 0 aliphatic heterocycles. The minimum atomic E-state index is 0.336. The molecule has 0 saturated heterocycles. The third-order valence-electron chi connectivity index (χ3n) is 2.48. The van der Waals surface area contributed by atoms with Crippen molar-refractivity contribution in [1.29, 1.82) is 0 Å². The smallest absolute Gasteiger partial charge is 0.323 e. The molecule has 1 aromatic heterocycles. The Labute approximate surface area is 120 Å². The van der Waals surface area contributed by atoms with Crippen LogP contribution in [0.25, 0.3) is 0 Å². The SMILES string of the molecule is CCCNc1nc(NCC(C)COC)nc(OCC)n1. The van der Waals surface area contributed by atoms with Crippen LogP contribution in [-0.2, 0) is 4.74 Å². The Balaban J connectivity index is 2.69. The van der Waals surface area contributed by atoms with Crippen LogP contribution >= 0.6 is 0 Å². The molecule has 7 heteroatoms. The van der Waals surface area contributed by atoms with Crippen molar-refractivity contribution >= 4 is 11.9 Å². The van der Waals surface area contributed by atoms with Gasteiger partial charge < -0.3 is 20.1 Å². The summed E-state index contributed by atoms with van der Waals surface area (Å²) in [6.45, 7) is 8.84. The molecule has 0 amide bonds. The average molecular weight is 283 g/mol. The third kappa shape index (κ3) is 6.01. The highest BCUT2D eigenvalue weighted by Crippen LogP contribution is 2.11. The summed E-state index contributed by atoms with van der Waals surface area (Å²) in [5.41, 5.74) is 0. The highest BCUT2D eigenvalue weighted by atomic mass is 16.5. The Hall–Kier alpha value is -1.63. The Morgan fingerprint density at radius 2 is 1.80 bits per heavy atom. The Bertz CT molecular complexity index is 389. The van der Waals surface area contributed by atoms with Crippen LogP contribution in [0.5, 0.6) is 6.01 Å². The predicted octanol–water partition coefficient (Wildman–Crippen LogP) is 1.79. The fraction of sp³-hybridized carbons (Fsp3) is 0.769. The number of methoxy groups -OCH3 is 1. The Kier molecular flexibility index (Phi) is 7.64. The summed E-state index contributed by atoms with van der Waals surface area (Å²) in [4.78, 5) is 12.8. The van der Waals surface area contributed by atoms with Crippen LogP contribution in [0.1, 0.15) is 27.2 Å². The van der Waals surface area contributed by atoms with Crippen LogP contribution in [0.3, 0.4) is 0 Å². The molecule has 7 nitrogen and oxygen atoms in total. The van der Waals surface area contributed by atoms with Crippen LogP contribution < -0.4 is 15.4 Å². The quantitative estimate of drug-likeness (QED) is 0.677. The third-order valence-corrected chi connectivity index (χ3v) is 2.48. The molecule has 1 aromatic rings. The minimum Gasteiger partial charge on any atom is -0.464 e. The van der Waals surface area contributed by atoms with Crippen LogP contribution in [0, 0.1) is 5.92 Å². The zero-order valence-corrected chi connectivity index (χ0v) is 12.8. The predicted molar refractivity (Wildman–Crippen MR) is 79.3 cm³/mol. The van der Waals surface area contributed by atoms with Crippen molar-refractivity contribution in [2.45, 2.75) is 27.2 Å². The van der Waals surface area contributed by atoms with Gasteiger partial charge in [0.15, 0.2) is 0 Å². The van der Waals surface area contributed by atoms with E-state index in [-0.39, 0.29) is 0 Å². The fourth-order valence-electron chi connectivity index (χ4n) is 1.55. The van der Waals surface area contributed by atoms with Gasteiger partial charge in [-0.05, 0) is 19.3 Å². The van der Waals surface area contributed by atoms with E-state index in [4.69, 9.17) is 9.47 Å². The van der Waals surface area contributed by atoms with Gasteiger partial charge in [0.2, 0.25) is 11.9 Å². The molecule has 1 atom stereocenters. The van der Waals surface area contributed by atoms with Gasteiger partial charge in [-0.1, -0.05) is 13.8 Å². The lowest BCUT2D eigenvalue weighted by molar-refractivity contribution is 0.164. The van der Waals surface area contributed by atoms with Gasteiger partial charge in [-0.15, -0.1) is 0 Å². The summed E-state index contributed by atoms with van der Waals surface area (Å²) >= 11 is 0. The second kappa shape index (κ2) is 9.30. The van der Waals surface area contributed by atoms with Crippen molar-refractivity contribution in [3.63, 3.8) is 0 Å². The monoisotopic (exact) mass is 283 g/mol. The Morgan fingerprint density at radius 3 is 2.40 bits per heavy atom. The van der Waals surface area contributed by atoms with Gasteiger partial charge >= 0.3 is 6.01 Å². The lowest BCUT2D eigenvalue weighted by atomic mass is 10.2. The molecule has 0 aromatic carbocycles. The zero-order chi connectivity index (χ0) is 14.8. The number of nitrogens with zero attached hydrogens (tertiary/aromatic N) is 3. The molecule has 0 saturated carbocycles. The molecule has 0 bridgehead atoms. The van der Waals surface area contributed by atoms with Crippen molar-refractivity contribution in [3.8, 4) is 6.01 Å². The standard InChI is InChI=1S/C13H25N5O2/c1-5-7-14-11-16-12(15-8-10(3)9-19-4)18-13(17-11)20-6-2/h10H,5-9H2,1-4H3,(H2,14,15,16,17,18). The van der Waals surface area contributed by atoms with Crippen molar-refractivity contribution < 1.29 is 9.47 Å². The number of hydrogen-bond donors (Lipinski definition) is 2. The highest BCUT2D eigenvalue weighted by molar-refractivity contribution is 5.35. The second-order valence-corrected chi connectivity index (χ2v) is 4.57. The van der Waals surface area contributed by atoms with E-state index >= 15 is 0 Å². The molecule has 20 heavy (non-hydrogen) atoms. The average Bonchev–Trinajstić information content (AvgIpc) is 2.43. The van der Waals surface area contributed by atoms with E-state index in [2.05, 4.69) is 39.4 Å². The summed E-state index contributed by atoms with van der Waals surface area (Å²) in [6, 6.07) is 0.336. The zero-order valence-electron chi connectivity index (χ0n) is 12.8. The topological polar surface area (TPSA) is 81.2 Å². The van der Waals surface area contributed by atoms with Crippen molar-refractivity contribution in [2.24, 2.45) is 5.92 Å². The van der Waals surface area contributed by atoms with Gasteiger partial charge in [-0.3, -0.25) is 0 Å². The lowest BCUT2D eigenvalue weighted by Gasteiger charge is -2.13. The van der Waals surface area contributed by atoms with Crippen LogP contribution in [0.2, 0.25) is 0 Å². The first kappa shape index (κ1) is 16.4. The van der Waals surface area contributed by atoms with Gasteiger partial charge in [0.25, 0.3) is 0 Å². The number of anilines is 2. The molecule has 1 rings (SSSR count). The van der Waals surface area contributed by atoms with Gasteiger partial charge in [0.1, 0.15) is 0 Å². The minimum absolute atomic E-state index is 0.336. The van der Waals surface area contributed by atoms with E-state index in [0.29, 0.717) is 37.0 Å². The highest BCUT2D eigenvalue weighted by Gasteiger charge is 2.08. The van der Waals surface area contributed by atoms with Crippen molar-refractivity contribution in [1.82, 2.24) is 15.0 Å². The molecule has 1 heterocycles. The molecule has 0 aliphatic carbocycles. The number of rotatable bonds is 10. The van der Waals surface area contributed by atoms with Gasteiger partial charge in [0, 0.05) is 20.2 Å². The maximum atomic E-state index is 5.35. The number of hydrogen-bond acceptors (Lipinski definition) is 7. The van der Waals surface area contributed by atoms with E-state index in [1.165, 1.54) is 0 Å². The molecule has 1 unspecified atom stereocenters. The maximum Gasteiger partial charge on any atom is 0.323 e. The fourth-order valence-corrected chi connectivity index (χ4v) is 1.55.